The minimum absolute atomic E-state index is 0.0606. The maximum atomic E-state index is 12.9. The van der Waals surface area contributed by atoms with Gasteiger partial charge >= 0.3 is 0 Å². The van der Waals surface area contributed by atoms with Crippen molar-refractivity contribution < 1.29 is 14.3 Å². The van der Waals surface area contributed by atoms with Crippen molar-refractivity contribution >= 4 is 11.8 Å². The van der Waals surface area contributed by atoms with Crippen LogP contribution < -0.4 is 10.1 Å². The molecule has 0 saturated carbocycles. The Hall–Kier alpha value is -2.89. The van der Waals surface area contributed by atoms with Gasteiger partial charge in [-0.15, -0.1) is 0 Å². The first-order chi connectivity index (χ1) is 14.1. The molecule has 2 aliphatic heterocycles. The molecule has 2 fully saturated rings. The lowest BCUT2D eigenvalue weighted by atomic mass is 9.96. The topological polar surface area (TPSA) is 71.5 Å². The zero-order valence-electron chi connectivity index (χ0n) is 16.7. The van der Waals surface area contributed by atoms with Gasteiger partial charge in [0, 0.05) is 42.5 Å². The van der Waals surface area contributed by atoms with Gasteiger partial charge in [-0.2, -0.15) is 0 Å². The van der Waals surface area contributed by atoms with E-state index in [1.54, 1.807) is 31.6 Å². The Morgan fingerprint density at radius 3 is 2.55 bits per heavy atom. The van der Waals surface area contributed by atoms with Crippen molar-refractivity contribution in [1.29, 1.82) is 0 Å². The first kappa shape index (κ1) is 19.4. The van der Waals surface area contributed by atoms with Crippen molar-refractivity contribution in [3.8, 4) is 5.75 Å². The van der Waals surface area contributed by atoms with E-state index in [-0.39, 0.29) is 29.9 Å². The number of fused-ring (bicyclic) bond motifs is 2. The molecule has 6 nitrogen and oxygen atoms in total. The molecule has 152 valence electrons. The van der Waals surface area contributed by atoms with Crippen LogP contribution >= 0.6 is 0 Å². The van der Waals surface area contributed by atoms with Crippen molar-refractivity contribution in [2.24, 2.45) is 0 Å². The molecular weight excluding hydrogens is 366 g/mol. The van der Waals surface area contributed by atoms with Gasteiger partial charge in [0.05, 0.1) is 7.11 Å². The normalized spacial score (nSPS) is 22.9. The van der Waals surface area contributed by atoms with E-state index in [2.05, 4.69) is 15.2 Å². The molecule has 2 aliphatic rings. The summed E-state index contributed by atoms with van der Waals surface area (Å²) in [5.41, 5.74) is 1.74. The fourth-order valence-electron chi connectivity index (χ4n) is 4.68. The zero-order chi connectivity index (χ0) is 20.2. The highest BCUT2D eigenvalue weighted by Gasteiger charge is 2.43. The highest BCUT2D eigenvalue weighted by Crippen LogP contribution is 2.36. The molecule has 2 aromatic rings. The van der Waals surface area contributed by atoms with E-state index in [1.807, 2.05) is 24.3 Å². The van der Waals surface area contributed by atoms with Crippen LogP contribution in [0, 0.1) is 0 Å². The average molecular weight is 393 g/mol. The largest absolute Gasteiger partial charge is 0.497 e. The van der Waals surface area contributed by atoms with E-state index in [0.29, 0.717) is 18.4 Å². The second kappa shape index (κ2) is 8.64. The van der Waals surface area contributed by atoms with Crippen LogP contribution in [0.1, 0.15) is 48.0 Å². The molecule has 6 heteroatoms. The summed E-state index contributed by atoms with van der Waals surface area (Å²) in [6.45, 7) is 0. The lowest BCUT2D eigenvalue weighted by Crippen LogP contribution is -2.52. The number of benzene rings is 1. The summed E-state index contributed by atoms with van der Waals surface area (Å²) in [6, 6.07) is 11.9. The van der Waals surface area contributed by atoms with Gasteiger partial charge in [0.15, 0.2) is 0 Å². The second-order valence-electron chi connectivity index (χ2n) is 7.92. The van der Waals surface area contributed by atoms with Crippen LogP contribution in [0.25, 0.3) is 0 Å². The smallest absolute Gasteiger partial charge is 0.251 e. The van der Waals surface area contributed by atoms with E-state index >= 15 is 0 Å². The van der Waals surface area contributed by atoms with Gasteiger partial charge in [-0.3, -0.25) is 14.6 Å². The van der Waals surface area contributed by atoms with Crippen molar-refractivity contribution in [3.05, 3.63) is 59.9 Å². The SMILES string of the molecule is COc1cccc(CCC(=O)N2[C@@H]3CC[C@H]2CC(NC(=O)c2ccncc2)C3)c1. The predicted molar refractivity (Wildman–Crippen MR) is 110 cm³/mol. The minimum Gasteiger partial charge on any atom is -0.497 e. The molecule has 1 unspecified atom stereocenters. The molecule has 3 atom stereocenters. The Bertz CT molecular complexity index is 857. The van der Waals surface area contributed by atoms with Crippen molar-refractivity contribution in [2.75, 3.05) is 7.11 Å². The second-order valence-corrected chi connectivity index (χ2v) is 7.92. The monoisotopic (exact) mass is 393 g/mol. The number of carbonyl (C=O) groups is 2. The molecule has 2 bridgehead atoms. The Labute approximate surface area is 171 Å². The molecule has 1 N–H and O–H groups in total. The number of pyridine rings is 1. The van der Waals surface area contributed by atoms with Gasteiger partial charge in [0.25, 0.3) is 5.91 Å². The van der Waals surface area contributed by atoms with Gasteiger partial charge < -0.3 is 15.0 Å². The van der Waals surface area contributed by atoms with Gasteiger partial charge in [-0.25, -0.2) is 0 Å². The molecule has 3 heterocycles. The number of nitrogens with zero attached hydrogens (tertiary/aromatic N) is 2. The summed E-state index contributed by atoms with van der Waals surface area (Å²) in [4.78, 5) is 31.4. The lowest BCUT2D eigenvalue weighted by Gasteiger charge is -2.39. The third-order valence-corrected chi connectivity index (χ3v) is 6.06. The van der Waals surface area contributed by atoms with E-state index in [9.17, 15) is 9.59 Å². The predicted octanol–water partition coefficient (Wildman–Crippen LogP) is 2.97. The summed E-state index contributed by atoms with van der Waals surface area (Å²) < 4.78 is 5.26. The maximum absolute atomic E-state index is 12.9. The van der Waals surface area contributed by atoms with Crippen LogP contribution in [0.3, 0.4) is 0 Å². The fourth-order valence-corrected chi connectivity index (χ4v) is 4.68. The molecule has 2 amide bonds. The Morgan fingerprint density at radius 1 is 1.14 bits per heavy atom. The maximum Gasteiger partial charge on any atom is 0.251 e. The molecular formula is C23H27N3O3. The summed E-state index contributed by atoms with van der Waals surface area (Å²) in [5, 5.41) is 3.15. The number of aromatic nitrogens is 1. The number of nitrogens with one attached hydrogen (secondary N) is 1. The first-order valence-electron chi connectivity index (χ1n) is 10.3. The lowest BCUT2D eigenvalue weighted by molar-refractivity contribution is -0.135. The number of ether oxygens (including phenoxy) is 1. The molecule has 2 saturated heterocycles. The van der Waals surface area contributed by atoms with E-state index in [0.717, 1.165) is 37.0 Å². The van der Waals surface area contributed by atoms with Gasteiger partial charge in [-0.1, -0.05) is 12.1 Å². The van der Waals surface area contributed by atoms with Crippen LogP contribution in [-0.4, -0.2) is 46.9 Å². The Kier molecular flexibility index (Phi) is 5.79. The number of hydrogen-bond acceptors (Lipinski definition) is 4. The third kappa shape index (κ3) is 4.42. The highest BCUT2D eigenvalue weighted by molar-refractivity contribution is 5.94. The van der Waals surface area contributed by atoms with Crippen LogP contribution in [0.4, 0.5) is 0 Å². The van der Waals surface area contributed by atoms with Gasteiger partial charge in [0.2, 0.25) is 5.91 Å². The van der Waals surface area contributed by atoms with Gasteiger partial charge in [-0.05, 0) is 61.9 Å². The van der Waals surface area contributed by atoms with Crippen molar-refractivity contribution in [2.45, 2.75) is 56.7 Å². The number of aryl methyl sites for hydroxylation is 1. The molecule has 1 aromatic carbocycles. The Morgan fingerprint density at radius 2 is 1.86 bits per heavy atom. The first-order valence-corrected chi connectivity index (χ1v) is 10.3. The van der Waals surface area contributed by atoms with E-state index in [4.69, 9.17) is 4.74 Å². The number of piperidine rings is 1. The molecule has 0 aliphatic carbocycles. The number of rotatable bonds is 6. The number of methoxy groups -OCH3 is 1. The number of amides is 2. The Balaban J connectivity index is 1.33. The summed E-state index contributed by atoms with van der Waals surface area (Å²) in [5.74, 6) is 0.981. The van der Waals surface area contributed by atoms with Crippen molar-refractivity contribution in [1.82, 2.24) is 15.2 Å². The quantitative estimate of drug-likeness (QED) is 0.819. The summed E-state index contributed by atoms with van der Waals surface area (Å²) in [6.07, 6.45) is 8.19. The van der Waals surface area contributed by atoms with Crippen LogP contribution in [0.5, 0.6) is 5.75 Å². The zero-order valence-corrected chi connectivity index (χ0v) is 16.7. The van der Waals surface area contributed by atoms with E-state index < -0.39 is 0 Å². The van der Waals surface area contributed by atoms with Crippen LogP contribution in [0.2, 0.25) is 0 Å². The van der Waals surface area contributed by atoms with Crippen LogP contribution in [-0.2, 0) is 11.2 Å². The molecule has 0 spiro atoms. The summed E-state index contributed by atoms with van der Waals surface area (Å²) in [7, 11) is 1.65. The van der Waals surface area contributed by atoms with Crippen molar-refractivity contribution in [3.63, 3.8) is 0 Å². The fraction of sp³-hybridized carbons (Fsp3) is 0.435. The molecule has 4 rings (SSSR count). The minimum atomic E-state index is -0.0606. The molecule has 1 aromatic heterocycles. The molecule has 0 radical (unpaired) electrons. The number of hydrogen-bond donors (Lipinski definition) is 1. The molecule has 29 heavy (non-hydrogen) atoms. The van der Waals surface area contributed by atoms with Gasteiger partial charge in [0.1, 0.15) is 5.75 Å². The number of carbonyl (C=O) groups excluding carboxylic acids is 2. The standard InChI is InChI=1S/C23H27N3O3/c1-29-21-4-2-3-16(13-21)5-8-22(27)26-19-6-7-20(26)15-18(14-19)25-23(28)17-9-11-24-12-10-17/h2-4,9-13,18-20H,5-8,14-15H2,1H3,(H,25,28)/t18?,19-,20+. The highest BCUT2D eigenvalue weighted by atomic mass is 16.5. The van der Waals surface area contributed by atoms with Crippen LogP contribution in [0.15, 0.2) is 48.8 Å². The summed E-state index contributed by atoms with van der Waals surface area (Å²) >= 11 is 0. The van der Waals surface area contributed by atoms with E-state index in [1.165, 1.54) is 0 Å². The average Bonchev–Trinajstić information content (AvgIpc) is 3.03. The third-order valence-electron chi connectivity index (χ3n) is 6.06.